The highest BCUT2D eigenvalue weighted by Crippen LogP contribution is 2.48. The van der Waals surface area contributed by atoms with Crippen LogP contribution in [0.1, 0.15) is 39.0 Å². The van der Waals surface area contributed by atoms with E-state index in [4.69, 9.17) is 4.74 Å². The second kappa shape index (κ2) is 9.79. The quantitative estimate of drug-likeness (QED) is 0.482. The predicted molar refractivity (Wildman–Crippen MR) is 135 cm³/mol. The molecule has 1 heterocycles. The van der Waals surface area contributed by atoms with E-state index in [9.17, 15) is 18.3 Å². The van der Waals surface area contributed by atoms with Crippen LogP contribution in [0.4, 0.5) is 11.4 Å². The molecule has 0 spiro atoms. The molecule has 2 aliphatic rings. The second-order valence-corrected chi connectivity index (χ2v) is 11.9. The third-order valence-corrected chi connectivity index (χ3v) is 9.57. The summed E-state index contributed by atoms with van der Waals surface area (Å²) >= 11 is 1.46. The normalized spacial score (nSPS) is 20.9. The van der Waals surface area contributed by atoms with E-state index in [-0.39, 0.29) is 17.5 Å². The fraction of sp³-hybridized carbons (Fsp3) is 0.480. The van der Waals surface area contributed by atoms with Crippen molar-refractivity contribution in [2.45, 2.75) is 54.9 Å². The summed E-state index contributed by atoms with van der Waals surface area (Å²) in [6.45, 7) is 2.68. The van der Waals surface area contributed by atoms with E-state index < -0.39 is 21.4 Å². The Morgan fingerprint density at radius 1 is 1.24 bits per heavy atom. The number of hydrogen-bond acceptors (Lipinski definition) is 6. The maximum Gasteiger partial charge on any atom is 0.313 e. The number of ether oxygens (including phenoxy) is 1. The summed E-state index contributed by atoms with van der Waals surface area (Å²) in [5.41, 5.74) is 0.687. The molecule has 2 aromatic carbocycles. The standard InChI is InChI=1S/C25H32N2O5S2/c1-4-5-9-19-16-27(18-10-7-6-8-11-18)20-14-22(33-3)21(15-23(20)34(30,31)26(19)2)32-17-25(12-13-25)24(28)29/h6-8,10-11,14-15,19H,4-5,9,12-13,16-17H2,1-3H3,(H,28,29)/t19-/m1/s1. The predicted octanol–water partition coefficient (Wildman–Crippen LogP) is 4.98. The van der Waals surface area contributed by atoms with Crippen LogP contribution < -0.4 is 9.64 Å². The van der Waals surface area contributed by atoms with Gasteiger partial charge in [-0.3, -0.25) is 4.79 Å². The molecular formula is C25H32N2O5S2. The van der Waals surface area contributed by atoms with Crippen LogP contribution >= 0.6 is 11.8 Å². The first-order valence-electron chi connectivity index (χ1n) is 11.6. The molecule has 1 aliphatic heterocycles. The van der Waals surface area contributed by atoms with Crippen molar-refractivity contribution in [3.63, 3.8) is 0 Å². The number of sulfonamides is 1. The number of benzene rings is 2. The van der Waals surface area contributed by atoms with Crippen molar-refractivity contribution in [3.05, 3.63) is 42.5 Å². The van der Waals surface area contributed by atoms with Gasteiger partial charge >= 0.3 is 5.97 Å². The van der Waals surface area contributed by atoms with Crippen molar-refractivity contribution in [2.75, 3.05) is 31.4 Å². The summed E-state index contributed by atoms with van der Waals surface area (Å²) in [7, 11) is -2.14. The zero-order valence-corrected chi connectivity index (χ0v) is 21.5. The lowest BCUT2D eigenvalue weighted by molar-refractivity contribution is -0.144. The third kappa shape index (κ3) is 4.65. The molecule has 0 radical (unpaired) electrons. The van der Waals surface area contributed by atoms with Gasteiger partial charge in [-0.2, -0.15) is 4.31 Å². The van der Waals surface area contributed by atoms with E-state index in [2.05, 4.69) is 11.8 Å². The van der Waals surface area contributed by atoms with Gasteiger partial charge in [0, 0.05) is 31.4 Å². The van der Waals surface area contributed by atoms with Gasteiger partial charge in [-0.15, -0.1) is 11.8 Å². The maximum atomic E-state index is 13.8. The Hall–Kier alpha value is -2.23. The van der Waals surface area contributed by atoms with E-state index in [1.807, 2.05) is 42.7 Å². The number of para-hydroxylation sites is 1. The van der Waals surface area contributed by atoms with Crippen LogP contribution in [0.2, 0.25) is 0 Å². The number of fused-ring (bicyclic) bond motifs is 1. The van der Waals surface area contributed by atoms with Gasteiger partial charge in [-0.25, -0.2) is 8.42 Å². The van der Waals surface area contributed by atoms with Crippen molar-refractivity contribution < 1.29 is 23.1 Å². The van der Waals surface area contributed by atoms with Crippen molar-refractivity contribution >= 4 is 39.1 Å². The Morgan fingerprint density at radius 2 is 1.94 bits per heavy atom. The second-order valence-electron chi connectivity index (χ2n) is 9.11. The number of nitrogens with zero attached hydrogens (tertiary/aromatic N) is 2. The van der Waals surface area contributed by atoms with Crippen molar-refractivity contribution in [3.8, 4) is 5.75 Å². The van der Waals surface area contributed by atoms with Crippen LogP contribution in [0.15, 0.2) is 52.3 Å². The van der Waals surface area contributed by atoms with E-state index in [0.29, 0.717) is 30.8 Å². The number of anilines is 2. The first-order valence-corrected chi connectivity index (χ1v) is 14.3. The van der Waals surface area contributed by atoms with Crippen LogP contribution in [0.5, 0.6) is 5.75 Å². The maximum absolute atomic E-state index is 13.8. The monoisotopic (exact) mass is 504 g/mol. The van der Waals surface area contributed by atoms with Gasteiger partial charge in [0.15, 0.2) is 0 Å². The minimum absolute atomic E-state index is 0.0338. The summed E-state index contributed by atoms with van der Waals surface area (Å²) in [6.07, 6.45) is 5.75. The summed E-state index contributed by atoms with van der Waals surface area (Å²) in [4.78, 5) is 14.7. The number of unbranched alkanes of at least 4 members (excludes halogenated alkanes) is 1. The zero-order chi connectivity index (χ0) is 24.5. The van der Waals surface area contributed by atoms with Crippen molar-refractivity contribution in [1.82, 2.24) is 4.31 Å². The number of aliphatic carboxylic acids is 1. The lowest BCUT2D eigenvalue weighted by Crippen LogP contribution is -2.40. The Balaban J connectivity index is 1.82. The Labute approximate surface area is 206 Å². The molecule has 0 saturated heterocycles. The summed E-state index contributed by atoms with van der Waals surface area (Å²) < 4.78 is 35.1. The molecule has 1 fully saturated rings. The molecule has 2 aromatic rings. The molecule has 1 atom stereocenters. The molecule has 34 heavy (non-hydrogen) atoms. The molecule has 7 nitrogen and oxygen atoms in total. The lowest BCUT2D eigenvalue weighted by atomic mass is 10.1. The van der Waals surface area contributed by atoms with Gasteiger partial charge in [0.05, 0.1) is 10.6 Å². The number of carboxylic acids is 1. The number of carbonyl (C=O) groups is 1. The molecular weight excluding hydrogens is 472 g/mol. The van der Waals surface area contributed by atoms with Gasteiger partial charge in [0.1, 0.15) is 22.7 Å². The molecule has 1 aliphatic carbocycles. The van der Waals surface area contributed by atoms with Gasteiger partial charge in [-0.05, 0) is 43.7 Å². The molecule has 1 N–H and O–H groups in total. The molecule has 0 unspecified atom stereocenters. The number of likely N-dealkylation sites (N-methyl/N-ethyl adjacent to an activating group) is 1. The van der Waals surface area contributed by atoms with Crippen LogP contribution in [0.25, 0.3) is 0 Å². The molecule has 0 amide bonds. The minimum atomic E-state index is -3.79. The minimum Gasteiger partial charge on any atom is -0.491 e. The molecule has 0 bridgehead atoms. The Kier molecular flexibility index (Phi) is 7.17. The van der Waals surface area contributed by atoms with Gasteiger partial charge in [-0.1, -0.05) is 38.0 Å². The van der Waals surface area contributed by atoms with E-state index in [1.54, 1.807) is 13.1 Å². The number of hydrogen-bond donors (Lipinski definition) is 1. The lowest BCUT2D eigenvalue weighted by Gasteiger charge is -2.29. The van der Waals surface area contributed by atoms with E-state index in [0.717, 1.165) is 29.8 Å². The summed E-state index contributed by atoms with van der Waals surface area (Å²) in [5.74, 6) is -0.454. The third-order valence-electron chi connectivity index (χ3n) is 6.87. The fourth-order valence-corrected chi connectivity index (χ4v) is 6.46. The van der Waals surface area contributed by atoms with Crippen LogP contribution in [-0.2, 0) is 14.8 Å². The average molecular weight is 505 g/mol. The van der Waals surface area contributed by atoms with Crippen LogP contribution in [0, 0.1) is 5.41 Å². The molecule has 1 saturated carbocycles. The largest absolute Gasteiger partial charge is 0.491 e. The number of rotatable bonds is 9. The summed E-state index contributed by atoms with van der Waals surface area (Å²) in [6, 6.07) is 13.1. The molecule has 184 valence electrons. The number of thioether (sulfide) groups is 1. The zero-order valence-electron chi connectivity index (χ0n) is 19.9. The first kappa shape index (κ1) is 24.9. The van der Waals surface area contributed by atoms with Gasteiger partial charge < -0.3 is 14.7 Å². The molecule has 4 rings (SSSR count). The van der Waals surface area contributed by atoms with Crippen molar-refractivity contribution in [1.29, 1.82) is 0 Å². The Bertz CT molecular complexity index is 1150. The van der Waals surface area contributed by atoms with Crippen LogP contribution in [-0.4, -0.2) is 56.3 Å². The Morgan fingerprint density at radius 3 is 2.53 bits per heavy atom. The smallest absolute Gasteiger partial charge is 0.313 e. The number of carboxylic acid groups (broad SMARTS) is 1. The first-order chi connectivity index (χ1) is 16.2. The van der Waals surface area contributed by atoms with E-state index >= 15 is 0 Å². The SMILES string of the molecule is CCCC[C@@H]1CN(c2ccccc2)c2cc(SC)c(OCC3(C(=O)O)CC3)cc2S(=O)(=O)N1C. The topological polar surface area (TPSA) is 87.1 Å². The van der Waals surface area contributed by atoms with E-state index in [1.165, 1.54) is 16.1 Å². The average Bonchev–Trinajstić information content (AvgIpc) is 3.64. The highest BCUT2D eigenvalue weighted by molar-refractivity contribution is 7.98. The molecule has 0 aromatic heterocycles. The van der Waals surface area contributed by atoms with Gasteiger partial charge in [0.2, 0.25) is 10.0 Å². The fourth-order valence-electron chi connectivity index (χ4n) is 4.35. The highest BCUT2D eigenvalue weighted by atomic mass is 32.2. The highest BCUT2D eigenvalue weighted by Gasteiger charge is 2.51. The molecule has 9 heteroatoms. The van der Waals surface area contributed by atoms with Crippen molar-refractivity contribution in [2.24, 2.45) is 5.41 Å². The summed E-state index contributed by atoms with van der Waals surface area (Å²) in [5, 5.41) is 9.52. The van der Waals surface area contributed by atoms with Crippen LogP contribution in [0.3, 0.4) is 0 Å². The van der Waals surface area contributed by atoms with Gasteiger partial charge in [0.25, 0.3) is 0 Å².